The number of hydrogen-bond acceptors (Lipinski definition) is 5. The Morgan fingerprint density at radius 1 is 1.32 bits per heavy atom. The lowest BCUT2D eigenvalue weighted by Gasteiger charge is -2.20. The number of amides is 1. The van der Waals surface area contributed by atoms with Gasteiger partial charge < -0.3 is 14.3 Å². The summed E-state index contributed by atoms with van der Waals surface area (Å²) in [6.07, 6.45) is 2.30. The number of nitrogens with one attached hydrogen (secondary N) is 1. The van der Waals surface area contributed by atoms with E-state index in [0.29, 0.717) is 11.6 Å². The molecule has 2 heterocycles. The van der Waals surface area contributed by atoms with Gasteiger partial charge in [0, 0.05) is 5.56 Å². The van der Waals surface area contributed by atoms with Crippen LogP contribution in [0, 0.1) is 11.7 Å². The van der Waals surface area contributed by atoms with Crippen molar-refractivity contribution in [2.45, 2.75) is 26.3 Å². The first-order valence-electron chi connectivity index (χ1n) is 8.02. The molecule has 0 aliphatic rings. The van der Waals surface area contributed by atoms with Gasteiger partial charge in [-0.3, -0.25) is 4.79 Å². The number of carbonyl (C=O) groups excluding carboxylic acids is 1. The number of carbonyl (C=O) groups is 1. The van der Waals surface area contributed by atoms with Gasteiger partial charge in [0.1, 0.15) is 11.9 Å². The molecule has 2 aromatic heterocycles. The Bertz CT molecular complexity index is 845. The van der Waals surface area contributed by atoms with Crippen molar-refractivity contribution in [2.75, 3.05) is 0 Å². The molecule has 0 aliphatic heterocycles. The highest BCUT2D eigenvalue weighted by Gasteiger charge is 2.27. The third-order valence-electron chi connectivity index (χ3n) is 4.04. The summed E-state index contributed by atoms with van der Waals surface area (Å²) in [4.78, 5) is 16.8. The topological polar surface area (TPSA) is 81.2 Å². The van der Waals surface area contributed by atoms with Crippen LogP contribution in [0.4, 0.5) is 4.39 Å². The van der Waals surface area contributed by atoms with Gasteiger partial charge in [-0.2, -0.15) is 4.98 Å². The molecule has 25 heavy (non-hydrogen) atoms. The molecule has 0 radical (unpaired) electrons. The van der Waals surface area contributed by atoms with Gasteiger partial charge in [-0.25, -0.2) is 4.39 Å². The van der Waals surface area contributed by atoms with Crippen LogP contribution >= 0.6 is 0 Å². The van der Waals surface area contributed by atoms with Gasteiger partial charge in [0.15, 0.2) is 5.76 Å². The van der Waals surface area contributed by atoms with Crippen molar-refractivity contribution in [3.05, 3.63) is 59.9 Å². The zero-order chi connectivity index (χ0) is 17.8. The van der Waals surface area contributed by atoms with Crippen molar-refractivity contribution in [3.8, 4) is 11.6 Å². The number of rotatable bonds is 6. The highest BCUT2D eigenvalue weighted by atomic mass is 19.1. The highest BCUT2D eigenvalue weighted by molar-refractivity contribution is 5.94. The second kappa shape index (κ2) is 7.29. The fourth-order valence-corrected chi connectivity index (χ4v) is 2.40. The van der Waals surface area contributed by atoms with E-state index in [1.54, 1.807) is 18.2 Å². The summed E-state index contributed by atoms with van der Waals surface area (Å²) in [7, 11) is 0. The molecule has 0 bridgehead atoms. The van der Waals surface area contributed by atoms with Gasteiger partial charge in [-0.15, -0.1) is 0 Å². The highest BCUT2D eigenvalue weighted by Crippen LogP contribution is 2.26. The lowest BCUT2D eigenvalue weighted by atomic mass is 9.98. The summed E-state index contributed by atoms with van der Waals surface area (Å²) in [5.41, 5.74) is 0.235. The van der Waals surface area contributed by atoms with Crippen LogP contribution in [0.2, 0.25) is 0 Å². The van der Waals surface area contributed by atoms with Crippen LogP contribution in [-0.2, 0) is 0 Å². The average Bonchev–Trinajstić information content (AvgIpc) is 3.29. The number of aromatic nitrogens is 2. The quantitative estimate of drug-likeness (QED) is 0.732. The second-order valence-corrected chi connectivity index (χ2v) is 5.78. The first kappa shape index (κ1) is 16.9. The Kier molecular flexibility index (Phi) is 4.92. The maximum atomic E-state index is 13.3. The van der Waals surface area contributed by atoms with Crippen LogP contribution in [0.5, 0.6) is 0 Å². The van der Waals surface area contributed by atoms with E-state index in [1.807, 2.05) is 13.8 Å². The van der Waals surface area contributed by atoms with E-state index in [1.165, 1.54) is 24.5 Å². The predicted octanol–water partition coefficient (Wildman–Crippen LogP) is 3.99. The number of furan rings is 1. The number of benzene rings is 1. The minimum absolute atomic E-state index is 0.0439. The summed E-state index contributed by atoms with van der Waals surface area (Å²) in [5.74, 6) is 0.253. The predicted molar refractivity (Wildman–Crippen MR) is 88.1 cm³/mol. The average molecular weight is 343 g/mol. The zero-order valence-corrected chi connectivity index (χ0v) is 13.9. The molecule has 0 saturated carbocycles. The number of halogens is 1. The van der Waals surface area contributed by atoms with Crippen molar-refractivity contribution in [1.82, 2.24) is 15.5 Å². The van der Waals surface area contributed by atoms with E-state index in [2.05, 4.69) is 15.5 Å². The molecule has 1 amide bonds. The van der Waals surface area contributed by atoms with Crippen LogP contribution in [0.3, 0.4) is 0 Å². The summed E-state index contributed by atoms with van der Waals surface area (Å²) in [6, 6.07) is 8.47. The molecule has 2 atom stereocenters. The fourth-order valence-electron chi connectivity index (χ4n) is 2.40. The molecule has 3 rings (SSSR count). The Hall–Kier alpha value is -2.96. The molecule has 0 unspecified atom stereocenters. The SMILES string of the molecule is CC[C@@H](C)[C@H](NC(=O)c1cccc(F)c1)c1nc(-c2ccco2)no1. The summed E-state index contributed by atoms with van der Waals surface area (Å²) in [5, 5.41) is 6.75. The monoisotopic (exact) mass is 343 g/mol. The van der Waals surface area contributed by atoms with E-state index in [9.17, 15) is 9.18 Å². The van der Waals surface area contributed by atoms with E-state index in [0.717, 1.165) is 6.42 Å². The fraction of sp³-hybridized carbons (Fsp3) is 0.278. The van der Waals surface area contributed by atoms with E-state index < -0.39 is 17.8 Å². The molecule has 1 aromatic carbocycles. The van der Waals surface area contributed by atoms with Crippen molar-refractivity contribution >= 4 is 5.91 Å². The first-order valence-corrected chi connectivity index (χ1v) is 8.02. The molecule has 0 aliphatic carbocycles. The van der Waals surface area contributed by atoms with Crippen molar-refractivity contribution in [2.24, 2.45) is 5.92 Å². The van der Waals surface area contributed by atoms with Crippen molar-refractivity contribution in [1.29, 1.82) is 0 Å². The van der Waals surface area contributed by atoms with Crippen LogP contribution in [0.15, 0.2) is 51.6 Å². The maximum Gasteiger partial charge on any atom is 0.252 e. The molecule has 7 heteroatoms. The Morgan fingerprint density at radius 2 is 2.16 bits per heavy atom. The van der Waals surface area contributed by atoms with E-state index in [-0.39, 0.29) is 17.4 Å². The van der Waals surface area contributed by atoms with Gasteiger partial charge in [-0.05, 0) is 36.2 Å². The lowest BCUT2D eigenvalue weighted by molar-refractivity contribution is 0.0909. The Labute approximate surface area is 144 Å². The summed E-state index contributed by atoms with van der Waals surface area (Å²) < 4.78 is 23.9. The minimum Gasteiger partial charge on any atom is -0.461 e. The van der Waals surface area contributed by atoms with Gasteiger partial charge in [0.25, 0.3) is 5.91 Å². The first-order chi connectivity index (χ1) is 12.1. The van der Waals surface area contributed by atoms with Gasteiger partial charge in [0.05, 0.1) is 6.26 Å². The minimum atomic E-state index is -0.489. The zero-order valence-electron chi connectivity index (χ0n) is 13.9. The second-order valence-electron chi connectivity index (χ2n) is 5.78. The van der Waals surface area contributed by atoms with Crippen molar-refractivity contribution in [3.63, 3.8) is 0 Å². The van der Waals surface area contributed by atoms with E-state index >= 15 is 0 Å². The number of hydrogen-bond donors (Lipinski definition) is 1. The van der Waals surface area contributed by atoms with Crippen LogP contribution in [-0.4, -0.2) is 16.0 Å². The molecular formula is C18H18FN3O3. The Morgan fingerprint density at radius 3 is 2.84 bits per heavy atom. The van der Waals surface area contributed by atoms with Crippen LogP contribution < -0.4 is 5.32 Å². The Balaban J connectivity index is 1.84. The van der Waals surface area contributed by atoms with Crippen LogP contribution in [0.25, 0.3) is 11.6 Å². The third kappa shape index (κ3) is 3.76. The number of nitrogens with zero attached hydrogens (tertiary/aromatic N) is 2. The van der Waals surface area contributed by atoms with Crippen LogP contribution in [0.1, 0.15) is 42.6 Å². The summed E-state index contributed by atoms with van der Waals surface area (Å²) in [6.45, 7) is 3.96. The molecule has 130 valence electrons. The molecule has 6 nitrogen and oxygen atoms in total. The molecule has 0 spiro atoms. The van der Waals surface area contributed by atoms with Gasteiger partial charge in [-0.1, -0.05) is 31.5 Å². The third-order valence-corrected chi connectivity index (χ3v) is 4.04. The molecule has 3 aromatic rings. The smallest absolute Gasteiger partial charge is 0.252 e. The van der Waals surface area contributed by atoms with Gasteiger partial charge in [0.2, 0.25) is 11.7 Å². The van der Waals surface area contributed by atoms with E-state index in [4.69, 9.17) is 8.94 Å². The molecule has 0 saturated heterocycles. The summed E-state index contributed by atoms with van der Waals surface area (Å²) >= 11 is 0. The van der Waals surface area contributed by atoms with Gasteiger partial charge >= 0.3 is 0 Å². The van der Waals surface area contributed by atoms with Crippen molar-refractivity contribution < 1.29 is 18.1 Å². The molecular weight excluding hydrogens is 325 g/mol. The largest absolute Gasteiger partial charge is 0.461 e. The maximum absolute atomic E-state index is 13.3. The molecule has 1 N–H and O–H groups in total. The molecule has 0 fully saturated rings. The standard InChI is InChI=1S/C18H18FN3O3/c1-3-11(2)15(20-17(23)12-6-4-7-13(19)10-12)18-21-16(22-25-18)14-8-5-9-24-14/h4-11,15H,3H2,1-2H3,(H,20,23)/t11-,15+/m1/s1. The normalized spacial score (nSPS) is 13.4. The lowest BCUT2D eigenvalue weighted by Crippen LogP contribution is -2.32.